The molecule has 2 N–H and O–H groups in total. The molecule has 1 heterocycles. The molecule has 0 unspecified atom stereocenters. The van der Waals surface area contributed by atoms with Gasteiger partial charge in [0.25, 0.3) is 11.1 Å². The molecule has 3 rings (SSSR count). The van der Waals surface area contributed by atoms with Crippen LogP contribution >= 0.6 is 0 Å². The molecule has 1 amide bonds. The number of H-pyrrole nitrogens is 1. The number of aliphatic hydroxyl groups is 1. The summed E-state index contributed by atoms with van der Waals surface area (Å²) in [6.45, 7) is 1.92. The minimum atomic E-state index is -0.432. The number of aromatic amines is 1. The number of aromatic nitrogens is 2. The predicted octanol–water partition coefficient (Wildman–Crippen LogP) is 1.02. The molecule has 0 atom stereocenters. The van der Waals surface area contributed by atoms with Crippen LogP contribution in [0.25, 0.3) is 10.8 Å². The van der Waals surface area contributed by atoms with E-state index >= 15 is 0 Å². The van der Waals surface area contributed by atoms with Gasteiger partial charge in [0, 0.05) is 13.1 Å². The van der Waals surface area contributed by atoms with Crippen LogP contribution in [0, 0.1) is 6.92 Å². The number of carbonyl (C=O) groups excluding carboxylic acids is 1. The molecule has 7 heteroatoms. The minimum Gasteiger partial charge on any atom is -0.395 e. The maximum Gasteiger partial charge on any atom is 0.273 e. The average molecular weight is 367 g/mol. The molecule has 0 saturated carbocycles. The Hall–Kier alpha value is -3.19. The summed E-state index contributed by atoms with van der Waals surface area (Å²) in [6, 6.07) is 14.2. The molecule has 7 nitrogen and oxygen atoms in total. The van der Waals surface area contributed by atoms with Crippen molar-refractivity contribution in [1.29, 1.82) is 0 Å². The Morgan fingerprint density at radius 2 is 1.85 bits per heavy atom. The van der Waals surface area contributed by atoms with Crippen molar-refractivity contribution in [3.8, 4) is 0 Å². The largest absolute Gasteiger partial charge is 0.395 e. The van der Waals surface area contributed by atoms with E-state index in [1.165, 1.54) is 4.90 Å². The first-order valence-corrected chi connectivity index (χ1v) is 8.65. The van der Waals surface area contributed by atoms with Gasteiger partial charge in [0.05, 0.1) is 17.4 Å². The monoisotopic (exact) mass is 367 g/mol. The van der Waals surface area contributed by atoms with Crippen LogP contribution in [0.2, 0.25) is 0 Å². The normalized spacial score (nSPS) is 10.9. The molecule has 3 aromatic rings. The van der Waals surface area contributed by atoms with Gasteiger partial charge in [0.15, 0.2) is 0 Å². The highest BCUT2D eigenvalue weighted by Gasteiger charge is 2.16. The molecule has 0 bridgehead atoms. The summed E-state index contributed by atoms with van der Waals surface area (Å²) in [4.78, 5) is 38.9. The molecule has 1 aromatic heterocycles. The van der Waals surface area contributed by atoms with Crippen molar-refractivity contribution in [3.63, 3.8) is 0 Å². The molecular formula is C20H21N3O4. The number of fused-ring (bicyclic) bond motifs is 1. The van der Waals surface area contributed by atoms with Gasteiger partial charge in [0.2, 0.25) is 5.91 Å². The van der Waals surface area contributed by atoms with Gasteiger partial charge in [-0.2, -0.15) is 0 Å². The second-order valence-electron chi connectivity index (χ2n) is 6.41. The number of nitrogens with zero attached hydrogens (tertiary/aromatic N) is 2. The Morgan fingerprint density at radius 3 is 2.56 bits per heavy atom. The molecule has 0 fully saturated rings. The molecule has 0 saturated heterocycles. The highest BCUT2D eigenvalue weighted by atomic mass is 16.3. The van der Waals surface area contributed by atoms with E-state index in [2.05, 4.69) is 5.10 Å². The molecule has 140 valence electrons. The van der Waals surface area contributed by atoms with E-state index in [0.717, 1.165) is 15.8 Å². The van der Waals surface area contributed by atoms with Crippen molar-refractivity contribution in [2.24, 2.45) is 0 Å². The van der Waals surface area contributed by atoms with Gasteiger partial charge in [0.1, 0.15) is 6.54 Å². The van der Waals surface area contributed by atoms with Gasteiger partial charge in [-0.05, 0) is 24.6 Å². The first-order valence-electron chi connectivity index (χ1n) is 8.65. The first-order chi connectivity index (χ1) is 13.0. The molecular weight excluding hydrogens is 346 g/mol. The third kappa shape index (κ3) is 4.15. The number of nitrogens with one attached hydrogen (secondary N) is 1. The Labute approximate surface area is 155 Å². The third-order valence-electron chi connectivity index (χ3n) is 4.36. The Morgan fingerprint density at radius 1 is 1.11 bits per heavy atom. The number of carbonyl (C=O) groups is 1. The van der Waals surface area contributed by atoms with Crippen LogP contribution in [-0.2, 0) is 17.9 Å². The lowest BCUT2D eigenvalue weighted by atomic mass is 10.1. The Bertz CT molecular complexity index is 1080. The van der Waals surface area contributed by atoms with Crippen LogP contribution in [0.4, 0.5) is 0 Å². The van der Waals surface area contributed by atoms with Crippen molar-refractivity contribution >= 4 is 16.7 Å². The second kappa shape index (κ2) is 8.01. The predicted molar refractivity (Wildman–Crippen MR) is 103 cm³/mol. The molecule has 27 heavy (non-hydrogen) atoms. The van der Waals surface area contributed by atoms with Crippen LogP contribution in [0.1, 0.15) is 11.1 Å². The molecule has 0 radical (unpaired) electrons. The fraction of sp³-hybridized carbons (Fsp3) is 0.250. The molecule has 0 aliphatic heterocycles. The minimum absolute atomic E-state index is 0.138. The number of benzene rings is 2. The van der Waals surface area contributed by atoms with E-state index in [-0.39, 0.29) is 36.4 Å². The topological polar surface area (TPSA) is 95.4 Å². The number of hydrogen-bond acceptors (Lipinski definition) is 4. The Kier molecular flexibility index (Phi) is 5.52. The summed E-state index contributed by atoms with van der Waals surface area (Å²) in [5, 5.41) is 12.3. The first kappa shape index (κ1) is 18.6. The lowest BCUT2D eigenvalue weighted by molar-refractivity contribution is -0.133. The highest BCUT2D eigenvalue weighted by molar-refractivity contribution is 5.81. The van der Waals surface area contributed by atoms with Gasteiger partial charge in [-0.25, -0.2) is 4.68 Å². The quantitative estimate of drug-likeness (QED) is 0.680. The molecule has 0 aliphatic carbocycles. The second-order valence-corrected chi connectivity index (χ2v) is 6.41. The number of hydrogen-bond donors (Lipinski definition) is 2. The zero-order valence-corrected chi connectivity index (χ0v) is 15.0. The Balaban J connectivity index is 1.88. The lowest BCUT2D eigenvalue weighted by Gasteiger charge is -2.22. The van der Waals surface area contributed by atoms with Crippen LogP contribution in [0.15, 0.2) is 58.1 Å². The summed E-state index contributed by atoms with van der Waals surface area (Å²) in [7, 11) is 0. The fourth-order valence-electron chi connectivity index (χ4n) is 3.04. The summed E-state index contributed by atoms with van der Waals surface area (Å²) < 4.78 is 1.02. The van der Waals surface area contributed by atoms with E-state index in [9.17, 15) is 19.5 Å². The van der Waals surface area contributed by atoms with Gasteiger partial charge >= 0.3 is 0 Å². The van der Waals surface area contributed by atoms with Gasteiger partial charge < -0.3 is 10.0 Å². The lowest BCUT2D eigenvalue weighted by Crippen LogP contribution is -2.40. The number of rotatable bonds is 6. The van der Waals surface area contributed by atoms with Crippen molar-refractivity contribution < 1.29 is 9.90 Å². The fourth-order valence-corrected chi connectivity index (χ4v) is 3.04. The summed E-state index contributed by atoms with van der Waals surface area (Å²) in [5.41, 5.74) is 1.14. The highest BCUT2D eigenvalue weighted by Crippen LogP contribution is 2.08. The van der Waals surface area contributed by atoms with Crippen molar-refractivity contribution in [2.45, 2.75) is 20.0 Å². The van der Waals surface area contributed by atoms with Gasteiger partial charge in [-0.1, -0.05) is 42.0 Å². The van der Waals surface area contributed by atoms with Crippen LogP contribution < -0.4 is 11.1 Å². The van der Waals surface area contributed by atoms with E-state index < -0.39 is 11.1 Å². The molecule has 0 spiro atoms. The zero-order valence-electron chi connectivity index (χ0n) is 15.0. The number of aliphatic hydroxyl groups excluding tert-OH is 1. The van der Waals surface area contributed by atoms with E-state index in [4.69, 9.17) is 0 Å². The van der Waals surface area contributed by atoms with Crippen molar-refractivity contribution in [3.05, 3.63) is 80.4 Å². The van der Waals surface area contributed by atoms with Crippen LogP contribution in [0.5, 0.6) is 0 Å². The summed E-state index contributed by atoms with van der Waals surface area (Å²) >= 11 is 0. The van der Waals surface area contributed by atoms with Gasteiger partial charge in [-0.3, -0.25) is 19.5 Å². The van der Waals surface area contributed by atoms with E-state index in [1.54, 1.807) is 24.3 Å². The maximum absolute atomic E-state index is 12.7. The summed E-state index contributed by atoms with van der Waals surface area (Å²) in [5.74, 6) is -0.362. The molecule has 2 aromatic carbocycles. The molecule has 0 aliphatic rings. The maximum atomic E-state index is 12.7. The third-order valence-corrected chi connectivity index (χ3v) is 4.36. The van der Waals surface area contributed by atoms with Crippen molar-refractivity contribution in [1.82, 2.24) is 14.7 Å². The van der Waals surface area contributed by atoms with Gasteiger partial charge in [-0.15, -0.1) is 0 Å². The van der Waals surface area contributed by atoms with Crippen LogP contribution in [-0.4, -0.2) is 38.8 Å². The SMILES string of the molecule is Cc1cccc(CN(CCO)C(=O)Cn2[nH]c(=O)c3ccccc3c2=O)c1. The van der Waals surface area contributed by atoms with Crippen molar-refractivity contribution in [2.75, 3.05) is 13.2 Å². The van der Waals surface area contributed by atoms with E-state index in [1.807, 2.05) is 31.2 Å². The summed E-state index contributed by atoms with van der Waals surface area (Å²) in [6.07, 6.45) is 0. The van der Waals surface area contributed by atoms with Crippen LogP contribution in [0.3, 0.4) is 0 Å². The van der Waals surface area contributed by atoms with E-state index in [0.29, 0.717) is 6.54 Å². The smallest absolute Gasteiger partial charge is 0.273 e. The number of aryl methyl sites for hydroxylation is 1. The standard InChI is InChI=1S/C20H21N3O4/c1-14-5-4-6-15(11-14)12-22(9-10-24)18(25)13-23-20(27)17-8-3-2-7-16(17)19(26)21-23/h2-8,11,24H,9-10,12-13H2,1H3,(H,21,26). The number of amides is 1. The zero-order chi connectivity index (χ0) is 19.4. The average Bonchev–Trinajstić information content (AvgIpc) is 2.65.